The number of anilines is 1. The second kappa shape index (κ2) is 9.81. The first-order valence-corrected chi connectivity index (χ1v) is 11.5. The van der Waals surface area contributed by atoms with E-state index in [0.29, 0.717) is 34.7 Å². The Morgan fingerprint density at radius 1 is 1.09 bits per heavy atom. The summed E-state index contributed by atoms with van der Waals surface area (Å²) in [6.45, 7) is 7.04. The minimum Gasteiger partial charge on any atom is -0.383 e. The number of carbonyl (C=O) groups excluding carboxylic acids is 1. The number of aromatic nitrogens is 3. The summed E-state index contributed by atoms with van der Waals surface area (Å²) in [6.07, 6.45) is 4.78. The van der Waals surface area contributed by atoms with E-state index in [1.165, 1.54) is 10.2 Å². The molecular formula is C26H30N6O. The van der Waals surface area contributed by atoms with Gasteiger partial charge in [-0.15, -0.1) is 0 Å². The van der Waals surface area contributed by atoms with Crippen LogP contribution in [0.4, 0.5) is 5.82 Å². The maximum absolute atomic E-state index is 13.0. The van der Waals surface area contributed by atoms with E-state index < -0.39 is 0 Å². The van der Waals surface area contributed by atoms with Crippen LogP contribution in [0.15, 0.2) is 53.6 Å². The van der Waals surface area contributed by atoms with Crippen LogP contribution in [-0.2, 0) is 0 Å². The van der Waals surface area contributed by atoms with E-state index in [2.05, 4.69) is 43.3 Å². The molecule has 0 aliphatic rings. The van der Waals surface area contributed by atoms with Crippen molar-refractivity contribution in [3.8, 4) is 0 Å². The van der Waals surface area contributed by atoms with E-state index in [1.54, 1.807) is 6.21 Å². The van der Waals surface area contributed by atoms with Crippen molar-refractivity contribution in [1.82, 2.24) is 20.0 Å². The van der Waals surface area contributed by atoms with Crippen LogP contribution in [0, 0.1) is 0 Å². The average Bonchev–Trinajstić information content (AvgIpc) is 3.09. The molecule has 0 bridgehead atoms. The Labute approximate surface area is 193 Å². The number of nitrogens with two attached hydrogens (primary N) is 1. The Balaban J connectivity index is 1.77. The summed E-state index contributed by atoms with van der Waals surface area (Å²) in [4.78, 5) is 22.5. The number of hydrogen-bond donors (Lipinski definition) is 2. The number of nitrogens with one attached hydrogen (secondary N) is 1. The molecule has 33 heavy (non-hydrogen) atoms. The quantitative estimate of drug-likeness (QED) is 0.293. The largest absolute Gasteiger partial charge is 0.383 e. The lowest BCUT2D eigenvalue weighted by atomic mass is 10.0. The lowest BCUT2D eigenvalue weighted by Crippen LogP contribution is -2.25. The second-order valence-electron chi connectivity index (χ2n) is 8.49. The summed E-state index contributed by atoms with van der Waals surface area (Å²) in [5.41, 5.74) is 11.3. The molecule has 2 heterocycles. The zero-order valence-electron chi connectivity index (χ0n) is 19.4. The van der Waals surface area contributed by atoms with Gasteiger partial charge in [0.25, 0.3) is 5.91 Å². The van der Waals surface area contributed by atoms with Crippen molar-refractivity contribution in [3.05, 3.63) is 65.2 Å². The number of nitrogens with zero attached hydrogens (tertiary/aromatic N) is 4. The molecular weight excluding hydrogens is 412 g/mol. The SMILES string of the molecule is CCCCCNC(=O)c1c(N)n(N=Cc2ccc(C(C)C)cc2)c2nc3ccccc3nc12. The summed E-state index contributed by atoms with van der Waals surface area (Å²) in [6, 6.07) is 15.8. The molecule has 1 amide bonds. The van der Waals surface area contributed by atoms with E-state index in [1.807, 2.05) is 36.4 Å². The molecule has 170 valence electrons. The molecule has 0 spiro atoms. The van der Waals surface area contributed by atoms with E-state index >= 15 is 0 Å². The number of carbonyl (C=O) groups is 1. The number of unbranched alkanes of at least 4 members (excludes halogenated alkanes) is 2. The fraction of sp³-hybridized carbons (Fsp3) is 0.308. The minimum absolute atomic E-state index is 0.225. The summed E-state index contributed by atoms with van der Waals surface area (Å²) in [5, 5.41) is 7.55. The second-order valence-corrected chi connectivity index (χ2v) is 8.49. The fourth-order valence-corrected chi connectivity index (χ4v) is 3.74. The van der Waals surface area contributed by atoms with Crippen molar-refractivity contribution in [1.29, 1.82) is 0 Å². The van der Waals surface area contributed by atoms with Gasteiger partial charge in [-0.3, -0.25) is 4.79 Å². The molecule has 2 aromatic carbocycles. The van der Waals surface area contributed by atoms with Gasteiger partial charge < -0.3 is 11.1 Å². The molecule has 0 aliphatic carbocycles. The van der Waals surface area contributed by atoms with Gasteiger partial charge in [0.05, 0.1) is 17.2 Å². The van der Waals surface area contributed by atoms with E-state index in [4.69, 9.17) is 15.7 Å². The number of amides is 1. The third-order valence-corrected chi connectivity index (χ3v) is 5.69. The number of benzene rings is 2. The molecule has 0 fully saturated rings. The first kappa shape index (κ1) is 22.5. The van der Waals surface area contributed by atoms with E-state index in [0.717, 1.165) is 30.3 Å². The van der Waals surface area contributed by atoms with Crippen molar-refractivity contribution >= 4 is 40.1 Å². The van der Waals surface area contributed by atoms with Crippen LogP contribution in [0.25, 0.3) is 22.2 Å². The lowest BCUT2D eigenvalue weighted by Gasteiger charge is -2.05. The van der Waals surface area contributed by atoms with Gasteiger partial charge in [0.15, 0.2) is 5.65 Å². The van der Waals surface area contributed by atoms with Crippen LogP contribution in [0.5, 0.6) is 0 Å². The first-order chi connectivity index (χ1) is 16.0. The van der Waals surface area contributed by atoms with Gasteiger partial charge in [-0.2, -0.15) is 9.78 Å². The molecule has 4 aromatic rings. The van der Waals surface area contributed by atoms with Crippen molar-refractivity contribution < 1.29 is 4.79 Å². The Hall–Kier alpha value is -3.74. The minimum atomic E-state index is -0.256. The number of para-hydroxylation sites is 2. The number of rotatable bonds is 8. The van der Waals surface area contributed by atoms with Gasteiger partial charge in [0.2, 0.25) is 0 Å². The van der Waals surface area contributed by atoms with Gasteiger partial charge in [0, 0.05) is 6.54 Å². The van der Waals surface area contributed by atoms with Gasteiger partial charge >= 0.3 is 0 Å². The molecule has 4 rings (SSSR count). The van der Waals surface area contributed by atoms with Crippen LogP contribution < -0.4 is 11.1 Å². The number of hydrogen-bond acceptors (Lipinski definition) is 5. The van der Waals surface area contributed by atoms with Crippen LogP contribution in [0.2, 0.25) is 0 Å². The topological polar surface area (TPSA) is 98.2 Å². The highest BCUT2D eigenvalue weighted by molar-refractivity contribution is 6.10. The van der Waals surface area contributed by atoms with Crippen molar-refractivity contribution in [2.45, 2.75) is 46.0 Å². The lowest BCUT2D eigenvalue weighted by molar-refractivity contribution is 0.0955. The molecule has 0 saturated heterocycles. The molecule has 7 nitrogen and oxygen atoms in total. The summed E-state index contributed by atoms with van der Waals surface area (Å²) < 4.78 is 1.51. The van der Waals surface area contributed by atoms with Gasteiger partial charge in [-0.25, -0.2) is 9.97 Å². The Morgan fingerprint density at radius 3 is 2.45 bits per heavy atom. The maximum Gasteiger partial charge on any atom is 0.257 e. The normalized spacial score (nSPS) is 11.8. The number of nitrogen functional groups attached to an aromatic ring is 1. The number of fused-ring (bicyclic) bond motifs is 2. The highest BCUT2D eigenvalue weighted by Gasteiger charge is 2.23. The molecule has 0 atom stereocenters. The zero-order valence-corrected chi connectivity index (χ0v) is 19.4. The van der Waals surface area contributed by atoms with Crippen LogP contribution in [0.1, 0.15) is 67.4 Å². The summed E-state index contributed by atoms with van der Waals surface area (Å²) in [7, 11) is 0. The first-order valence-electron chi connectivity index (χ1n) is 11.5. The highest BCUT2D eigenvalue weighted by atomic mass is 16.1. The maximum atomic E-state index is 13.0. The van der Waals surface area contributed by atoms with E-state index in [-0.39, 0.29) is 11.7 Å². The fourth-order valence-electron chi connectivity index (χ4n) is 3.74. The molecule has 3 N–H and O–H groups in total. The summed E-state index contributed by atoms with van der Waals surface area (Å²) in [5.74, 6) is 0.429. The van der Waals surface area contributed by atoms with Crippen LogP contribution in [-0.4, -0.2) is 33.3 Å². The van der Waals surface area contributed by atoms with Crippen molar-refractivity contribution in [3.63, 3.8) is 0 Å². The third-order valence-electron chi connectivity index (χ3n) is 5.69. The highest BCUT2D eigenvalue weighted by Crippen LogP contribution is 2.28. The average molecular weight is 443 g/mol. The molecule has 0 saturated carbocycles. The third kappa shape index (κ3) is 4.72. The van der Waals surface area contributed by atoms with Gasteiger partial charge in [0.1, 0.15) is 16.9 Å². The van der Waals surface area contributed by atoms with Crippen LogP contribution in [0.3, 0.4) is 0 Å². The Morgan fingerprint density at radius 2 is 1.79 bits per heavy atom. The predicted octanol–water partition coefficient (Wildman–Crippen LogP) is 5.09. The molecule has 0 aliphatic heterocycles. The van der Waals surface area contributed by atoms with Crippen molar-refractivity contribution in [2.75, 3.05) is 12.3 Å². The molecule has 0 radical (unpaired) electrons. The summed E-state index contributed by atoms with van der Waals surface area (Å²) >= 11 is 0. The van der Waals surface area contributed by atoms with Crippen molar-refractivity contribution in [2.24, 2.45) is 5.10 Å². The molecule has 7 heteroatoms. The van der Waals surface area contributed by atoms with E-state index in [9.17, 15) is 4.79 Å². The smallest absolute Gasteiger partial charge is 0.257 e. The Bertz CT molecular complexity index is 1300. The van der Waals surface area contributed by atoms with Crippen LogP contribution >= 0.6 is 0 Å². The zero-order chi connectivity index (χ0) is 23.4. The van der Waals surface area contributed by atoms with Gasteiger partial charge in [-0.1, -0.05) is 70.0 Å². The monoisotopic (exact) mass is 442 g/mol. The molecule has 0 unspecified atom stereocenters. The predicted molar refractivity (Wildman–Crippen MR) is 135 cm³/mol. The Kier molecular flexibility index (Phi) is 6.68. The van der Waals surface area contributed by atoms with Gasteiger partial charge in [-0.05, 0) is 35.6 Å². The molecule has 2 aromatic heterocycles. The standard InChI is InChI=1S/C26H30N6O/c1-4-5-8-15-28-26(33)22-23-25(31-21-10-7-6-9-20(21)30-23)32(24(22)27)29-16-18-11-13-19(14-12-18)17(2)3/h6-7,9-14,16-17H,4-5,8,15,27H2,1-3H3,(H,28,33).